The van der Waals surface area contributed by atoms with Crippen LogP contribution in [0, 0.1) is 0 Å². The summed E-state index contributed by atoms with van der Waals surface area (Å²) in [5.74, 6) is -13.2. The number of fused-ring (bicyclic) bond motifs is 3. The summed E-state index contributed by atoms with van der Waals surface area (Å²) in [7, 11) is 0. The van der Waals surface area contributed by atoms with E-state index in [0.717, 1.165) is 0 Å². The van der Waals surface area contributed by atoms with E-state index in [1.807, 2.05) is 10.6 Å². The number of esters is 2. The van der Waals surface area contributed by atoms with Crippen molar-refractivity contribution < 1.29 is 108 Å². The van der Waals surface area contributed by atoms with E-state index in [2.05, 4.69) is 37.2 Å². The van der Waals surface area contributed by atoms with E-state index in [4.69, 9.17) is 14.9 Å². The number of hydrogen-bond acceptors (Lipinski definition) is 27. The van der Waals surface area contributed by atoms with E-state index >= 15 is 0 Å². The molecule has 0 spiro atoms. The molecule has 2 aromatic carbocycles. The van der Waals surface area contributed by atoms with Crippen molar-refractivity contribution in [3.8, 4) is 0 Å². The monoisotopic (exact) mass is 1380 g/mol. The topological polar surface area (TPSA) is 586 Å². The molecule has 2 aliphatic heterocycles. The Balaban J connectivity index is 1.40. The molecule has 2 saturated heterocycles. The van der Waals surface area contributed by atoms with Crippen molar-refractivity contribution in [1.29, 1.82) is 0 Å². The molecule has 17 N–H and O–H groups in total. The lowest BCUT2D eigenvalue weighted by atomic mass is 10.1. The molecule has 4 rings (SSSR count). The van der Waals surface area contributed by atoms with Crippen LogP contribution in [0.5, 0.6) is 0 Å². The largest absolute Gasteiger partial charge is 0.481 e. The van der Waals surface area contributed by atoms with E-state index in [9.17, 15) is 112 Å². The predicted octanol–water partition coefficient (Wildman–Crippen LogP) is -5.25. The second-order valence-corrected chi connectivity index (χ2v) is 22.9. The fraction of sp³-hybridized carbons (Fsp3) is 0.632. The molecule has 2 heterocycles. The number of anilines is 4. The number of carboxylic acid groups (broad SMARTS) is 8. The van der Waals surface area contributed by atoms with Crippen LogP contribution in [-0.2, 0) is 57.5 Å². The van der Waals surface area contributed by atoms with E-state index in [-0.39, 0.29) is 192 Å². The SMILES string of the molecule is O=C(O)CCC(NC(=O)NC(CCCCNc1c(NCCN(CCNC(=O)CCC2C(=O)OC(=O)CN3CCN(CC(=O)O)CCN(CC(=O)O)CCN2CC3)CCNc2c(NCCCCC(NC(=O)NC(CCC(=O)O)C(=O)O)C(=O)O)c(=O)c2=O)c(=O)c1=O)C(=O)O)C(=O)O. The number of ether oxygens (including phenoxy) is 1. The van der Waals surface area contributed by atoms with Crippen LogP contribution in [0.3, 0.4) is 0 Å². The Kier molecular flexibility index (Phi) is 33.2. The molecule has 2 aromatic rings. The number of nitrogens with zero attached hydrogens (tertiary/aromatic N) is 5. The summed E-state index contributed by atoms with van der Waals surface area (Å²) in [5, 5.41) is 97.5. The van der Waals surface area contributed by atoms with Gasteiger partial charge in [-0.05, 0) is 57.8 Å². The number of carbonyl (C=O) groups excluding carboxylic acids is 5. The van der Waals surface area contributed by atoms with Crippen molar-refractivity contribution >= 4 is 100 Å². The van der Waals surface area contributed by atoms with Gasteiger partial charge in [-0.3, -0.25) is 72.4 Å². The van der Waals surface area contributed by atoms with E-state index in [0.29, 0.717) is 0 Å². The van der Waals surface area contributed by atoms with Crippen molar-refractivity contribution in [2.45, 2.75) is 107 Å². The molecule has 40 nitrogen and oxygen atoms in total. The average molecular weight is 1380 g/mol. The molecule has 5 amide bonds. The minimum absolute atomic E-state index is 0.00764. The van der Waals surface area contributed by atoms with Crippen LogP contribution in [0.2, 0.25) is 0 Å². The molecule has 0 aromatic heterocycles. The molecule has 2 bridgehead atoms. The molecule has 40 heteroatoms. The average Bonchev–Trinajstić information content (AvgIpc) is 1.03. The number of amides is 5. The van der Waals surface area contributed by atoms with Gasteiger partial charge in [-0.15, -0.1) is 0 Å². The highest BCUT2D eigenvalue weighted by Gasteiger charge is 2.34. The zero-order valence-corrected chi connectivity index (χ0v) is 53.0. The standard InChI is InChI=1S/C57H84N14O26/c72-37(10-9-36-55(94)97-42(81)31-70-24-23-68(29-40(77)78)21-22-69(30-41(79)80)25-27-71(36)28-26-70)58-15-18-67(19-16-61-45-43(47(82)49(45)84)59-13-3-1-5-32(51(86)87)63-56(95)65-34(53(90)91)7-11-38(73)74)20-17-62-46-44(48(83)50(46)85)60-14-4-2-6-33(52(88)89)64-57(96)66-35(54(92)93)8-12-39(75)76/h32-36,59-62H,1-31H2,(H,58,72)(H,73,74)(H,75,76)(H,77,78)(H,79,80)(H,86,87)(H,88,89)(H,90,91)(H,92,93)(H2,63,65,95)(H2,64,66,96). The molecule has 0 saturated carbocycles. The third-order valence-corrected chi connectivity index (χ3v) is 15.7. The van der Waals surface area contributed by atoms with Crippen molar-refractivity contribution in [3.63, 3.8) is 0 Å². The molecular weight excluding hydrogens is 1300 g/mol. The van der Waals surface area contributed by atoms with Gasteiger partial charge in [0.25, 0.3) is 21.7 Å². The first-order valence-corrected chi connectivity index (χ1v) is 31.1. The Bertz CT molecular complexity index is 3110. The molecular formula is C57H84N14O26. The lowest BCUT2D eigenvalue weighted by molar-refractivity contribution is -0.164. The molecule has 2 aliphatic rings. The maximum absolute atomic E-state index is 13.7. The molecule has 2 fully saturated rings. The summed E-state index contributed by atoms with van der Waals surface area (Å²) in [6.07, 6.45) is -2.16. The lowest BCUT2D eigenvalue weighted by Crippen LogP contribution is -2.51. The van der Waals surface area contributed by atoms with Crippen LogP contribution in [0.15, 0.2) is 19.2 Å². The molecule has 97 heavy (non-hydrogen) atoms. The maximum Gasteiger partial charge on any atom is 0.331 e. The third kappa shape index (κ3) is 28.1. The van der Waals surface area contributed by atoms with Gasteiger partial charge in [0.15, 0.2) is 0 Å². The van der Waals surface area contributed by atoms with E-state index in [1.54, 1.807) is 24.5 Å². The number of carbonyl (C=O) groups is 13. The number of aliphatic carboxylic acids is 8. The van der Waals surface area contributed by atoms with Gasteiger partial charge < -0.3 is 93.4 Å². The van der Waals surface area contributed by atoms with Crippen molar-refractivity contribution in [3.05, 3.63) is 40.9 Å². The minimum Gasteiger partial charge on any atom is -0.481 e. The number of rotatable bonds is 44. The number of hydrogen-bond donors (Lipinski definition) is 17. The first-order valence-electron chi connectivity index (χ1n) is 31.1. The van der Waals surface area contributed by atoms with Gasteiger partial charge in [0.1, 0.15) is 53.0 Å². The zero-order chi connectivity index (χ0) is 71.9. The maximum atomic E-state index is 13.7. The molecule has 0 aliphatic carbocycles. The first kappa shape index (κ1) is 79.5. The molecule has 538 valence electrons. The molecule has 7 unspecified atom stereocenters. The van der Waals surface area contributed by atoms with Gasteiger partial charge in [0, 0.05) is 124 Å². The molecule has 0 radical (unpaired) electrons. The Morgan fingerprint density at radius 1 is 0.433 bits per heavy atom. The second kappa shape index (κ2) is 40.5. The Hall–Kier alpha value is -9.93. The van der Waals surface area contributed by atoms with Gasteiger partial charge in [-0.1, -0.05) is 0 Å². The van der Waals surface area contributed by atoms with Gasteiger partial charge >= 0.3 is 71.8 Å². The second-order valence-electron chi connectivity index (χ2n) is 22.9. The van der Waals surface area contributed by atoms with Gasteiger partial charge in [-0.2, -0.15) is 0 Å². The Morgan fingerprint density at radius 3 is 1.20 bits per heavy atom. The number of unbranched alkanes of at least 4 members (excludes halogenated alkanes) is 2. The van der Waals surface area contributed by atoms with Crippen molar-refractivity contribution in [1.82, 2.24) is 51.1 Å². The first-order chi connectivity index (χ1) is 45.9. The van der Waals surface area contributed by atoms with Crippen LogP contribution in [0.1, 0.15) is 77.0 Å². The predicted molar refractivity (Wildman–Crippen MR) is 337 cm³/mol. The zero-order valence-electron chi connectivity index (χ0n) is 53.0. The smallest absolute Gasteiger partial charge is 0.331 e. The van der Waals surface area contributed by atoms with Crippen LogP contribution >= 0.6 is 0 Å². The fourth-order valence-electron chi connectivity index (χ4n) is 10.4. The number of cyclic esters (lactones) is 2. The van der Waals surface area contributed by atoms with Crippen LogP contribution in [0.25, 0.3) is 0 Å². The Morgan fingerprint density at radius 2 is 0.794 bits per heavy atom. The molecule has 7 atom stereocenters. The lowest BCUT2D eigenvalue weighted by Gasteiger charge is -2.34. The third-order valence-electron chi connectivity index (χ3n) is 15.7. The quantitative estimate of drug-likeness (QED) is 0.0128. The normalized spacial score (nSPS) is 17.6. The number of carboxylic acids is 8. The summed E-state index contributed by atoms with van der Waals surface area (Å²) in [6.45, 7) is 0.689. The summed E-state index contributed by atoms with van der Waals surface area (Å²) in [4.78, 5) is 217. The van der Waals surface area contributed by atoms with Gasteiger partial charge in [0.05, 0.1) is 19.6 Å². The highest BCUT2D eigenvalue weighted by Crippen LogP contribution is 2.18. The van der Waals surface area contributed by atoms with Gasteiger partial charge in [-0.25, -0.2) is 33.6 Å². The summed E-state index contributed by atoms with van der Waals surface area (Å²) in [5.41, 5.74) is -3.79. The van der Waals surface area contributed by atoms with Crippen LogP contribution in [-0.4, -0.2) is 298 Å². The number of nitrogens with one attached hydrogen (secondary N) is 9. The van der Waals surface area contributed by atoms with Crippen LogP contribution in [0.4, 0.5) is 32.3 Å². The van der Waals surface area contributed by atoms with Crippen LogP contribution < -0.4 is 69.6 Å². The summed E-state index contributed by atoms with van der Waals surface area (Å²) < 4.78 is 5.24. The highest BCUT2D eigenvalue weighted by molar-refractivity contribution is 5.90. The van der Waals surface area contributed by atoms with Gasteiger partial charge in [0.2, 0.25) is 5.91 Å². The van der Waals surface area contributed by atoms with Crippen molar-refractivity contribution in [2.24, 2.45) is 0 Å². The van der Waals surface area contributed by atoms with E-state index in [1.165, 1.54) is 0 Å². The van der Waals surface area contributed by atoms with E-state index < -0.39 is 162 Å². The summed E-state index contributed by atoms with van der Waals surface area (Å²) >= 11 is 0. The van der Waals surface area contributed by atoms with Crippen molar-refractivity contribution in [2.75, 3.05) is 146 Å². The minimum atomic E-state index is -1.62. The number of urea groups is 2. The fourth-order valence-corrected chi connectivity index (χ4v) is 10.4. The Labute approximate surface area is 551 Å². The summed E-state index contributed by atoms with van der Waals surface area (Å²) in [6, 6.07) is -9.69. The highest BCUT2D eigenvalue weighted by atomic mass is 16.6.